The van der Waals surface area contributed by atoms with Gasteiger partial charge in [-0.15, -0.1) is 0 Å². The van der Waals surface area contributed by atoms with Crippen molar-refractivity contribution in [1.82, 2.24) is 9.97 Å². The van der Waals surface area contributed by atoms with E-state index >= 15 is 0 Å². The van der Waals surface area contributed by atoms with Gasteiger partial charge in [0.2, 0.25) is 0 Å². The van der Waals surface area contributed by atoms with Crippen LogP contribution in [0.4, 0.5) is 5.82 Å². The maximum atomic E-state index is 11.1. The van der Waals surface area contributed by atoms with Crippen LogP contribution in [0.2, 0.25) is 0 Å². The van der Waals surface area contributed by atoms with Crippen molar-refractivity contribution in [2.45, 2.75) is 25.0 Å². The van der Waals surface area contributed by atoms with Crippen LogP contribution < -0.4 is 10.9 Å². The first kappa shape index (κ1) is 8.25. The summed E-state index contributed by atoms with van der Waals surface area (Å²) >= 11 is 0. The lowest BCUT2D eigenvalue weighted by molar-refractivity contribution is 0.0835. The van der Waals surface area contributed by atoms with Gasteiger partial charge in [-0.25, -0.2) is 4.98 Å². The molecule has 2 rings (SSSR count). The van der Waals surface area contributed by atoms with E-state index in [9.17, 15) is 4.79 Å². The summed E-state index contributed by atoms with van der Waals surface area (Å²) in [5, 5.41) is 12.0. The van der Waals surface area contributed by atoms with Crippen molar-refractivity contribution in [2.75, 3.05) is 5.32 Å². The Hall–Kier alpha value is -1.36. The van der Waals surface area contributed by atoms with Crippen LogP contribution in [0.3, 0.4) is 0 Å². The Morgan fingerprint density at radius 2 is 2.38 bits per heavy atom. The first-order chi connectivity index (χ1) is 6.25. The van der Waals surface area contributed by atoms with E-state index in [1.165, 1.54) is 12.4 Å². The molecule has 0 spiro atoms. The summed E-state index contributed by atoms with van der Waals surface area (Å²) < 4.78 is 0. The Morgan fingerprint density at radius 3 is 3.00 bits per heavy atom. The van der Waals surface area contributed by atoms with E-state index in [0.717, 1.165) is 0 Å². The molecule has 0 aromatic carbocycles. The molecule has 0 atom stereocenters. The van der Waals surface area contributed by atoms with Crippen molar-refractivity contribution >= 4 is 5.82 Å². The fraction of sp³-hybridized carbons (Fsp3) is 0.500. The van der Waals surface area contributed by atoms with E-state index in [-0.39, 0.29) is 17.7 Å². The summed E-state index contributed by atoms with van der Waals surface area (Å²) in [5.74, 6) is 0.333. The van der Waals surface area contributed by atoms with Crippen LogP contribution in [0.25, 0.3) is 0 Å². The lowest BCUT2D eigenvalue weighted by Gasteiger charge is -2.31. The average molecular weight is 181 g/mol. The summed E-state index contributed by atoms with van der Waals surface area (Å²) in [7, 11) is 0. The number of nitrogens with zero attached hydrogens (tertiary/aromatic N) is 1. The lowest BCUT2D eigenvalue weighted by Crippen LogP contribution is -2.40. The van der Waals surface area contributed by atoms with Crippen LogP contribution in [-0.2, 0) is 0 Å². The van der Waals surface area contributed by atoms with E-state index in [1.54, 1.807) is 0 Å². The number of hydrogen-bond donors (Lipinski definition) is 3. The predicted octanol–water partition coefficient (Wildman–Crippen LogP) is -0.295. The van der Waals surface area contributed by atoms with Crippen LogP contribution in [0.5, 0.6) is 0 Å². The highest BCUT2D eigenvalue weighted by atomic mass is 16.3. The first-order valence-corrected chi connectivity index (χ1v) is 4.24. The quantitative estimate of drug-likeness (QED) is 0.585. The summed E-state index contributed by atoms with van der Waals surface area (Å²) in [6.07, 6.45) is 4.17. The third-order valence-electron chi connectivity index (χ3n) is 2.16. The minimum atomic E-state index is -0.222. The molecule has 0 bridgehead atoms. The van der Waals surface area contributed by atoms with Crippen LogP contribution in [-0.4, -0.2) is 27.2 Å². The Bertz CT molecular complexity index is 343. The van der Waals surface area contributed by atoms with Crippen LogP contribution in [0, 0.1) is 0 Å². The van der Waals surface area contributed by atoms with E-state index in [1.807, 2.05) is 0 Å². The molecule has 0 radical (unpaired) electrons. The summed E-state index contributed by atoms with van der Waals surface area (Å²) in [5.41, 5.74) is -0.219. The Balaban J connectivity index is 2.02. The molecule has 1 aromatic heterocycles. The van der Waals surface area contributed by atoms with Gasteiger partial charge in [-0.1, -0.05) is 0 Å². The van der Waals surface area contributed by atoms with E-state index in [2.05, 4.69) is 15.3 Å². The van der Waals surface area contributed by atoms with Gasteiger partial charge in [-0.2, -0.15) is 0 Å². The van der Waals surface area contributed by atoms with Gasteiger partial charge in [-0.3, -0.25) is 4.79 Å². The summed E-state index contributed by atoms with van der Waals surface area (Å²) in [6.45, 7) is 0. The number of rotatable bonds is 2. The molecule has 1 aliphatic carbocycles. The molecule has 0 aliphatic heterocycles. The zero-order valence-electron chi connectivity index (χ0n) is 7.03. The molecule has 13 heavy (non-hydrogen) atoms. The highest BCUT2D eigenvalue weighted by Gasteiger charge is 2.27. The van der Waals surface area contributed by atoms with Crippen molar-refractivity contribution in [3.8, 4) is 0 Å². The highest BCUT2D eigenvalue weighted by molar-refractivity contribution is 5.32. The largest absolute Gasteiger partial charge is 0.393 e. The van der Waals surface area contributed by atoms with Gasteiger partial charge in [0.15, 0.2) is 5.82 Å². The third-order valence-corrected chi connectivity index (χ3v) is 2.16. The SMILES string of the molecule is O=c1[nH]ccnc1NC1CC(O)C1. The number of aliphatic hydroxyl groups is 1. The molecule has 3 N–H and O–H groups in total. The topological polar surface area (TPSA) is 78.0 Å². The van der Waals surface area contributed by atoms with E-state index < -0.39 is 0 Å². The number of aliphatic hydroxyl groups excluding tert-OH is 1. The van der Waals surface area contributed by atoms with Crippen LogP contribution >= 0.6 is 0 Å². The van der Waals surface area contributed by atoms with Gasteiger partial charge in [-0.05, 0) is 12.8 Å². The molecule has 1 heterocycles. The number of nitrogens with one attached hydrogen (secondary N) is 2. The molecule has 5 nitrogen and oxygen atoms in total. The number of hydrogen-bond acceptors (Lipinski definition) is 4. The molecule has 0 saturated heterocycles. The summed E-state index contributed by atoms with van der Waals surface area (Å²) in [4.78, 5) is 17.5. The second kappa shape index (κ2) is 3.18. The standard InChI is InChI=1S/C8H11N3O2/c12-6-3-5(4-6)11-7-8(13)10-2-1-9-7/h1-2,5-6,12H,3-4H2,(H,9,11)(H,10,13). The van der Waals surface area contributed by atoms with Crippen LogP contribution in [0.15, 0.2) is 17.2 Å². The van der Waals surface area contributed by atoms with E-state index in [4.69, 9.17) is 5.11 Å². The van der Waals surface area contributed by atoms with Gasteiger partial charge >= 0.3 is 0 Å². The Labute approximate surface area is 74.8 Å². The number of aromatic amines is 1. The molecular formula is C8H11N3O2. The lowest BCUT2D eigenvalue weighted by atomic mass is 9.90. The third kappa shape index (κ3) is 1.70. The van der Waals surface area contributed by atoms with Gasteiger partial charge < -0.3 is 15.4 Å². The fourth-order valence-corrected chi connectivity index (χ4v) is 1.35. The second-order valence-corrected chi connectivity index (χ2v) is 3.23. The molecular weight excluding hydrogens is 170 g/mol. The monoisotopic (exact) mass is 181 g/mol. The zero-order valence-corrected chi connectivity index (χ0v) is 7.03. The molecule has 1 aromatic rings. The number of aromatic nitrogens is 2. The molecule has 70 valence electrons. The average Bonchev–Trinajstić information content (AvgIpc) is 2.06. The smallest absolute Gasteiger partial charge is 0.290 e. The maximum absolute atomic E-state index is 11.1. The Kier molecular flexibility index (Phi) is 2.02. The molecule has 1 fully saturated rings. The summed E-state index contributed by atoms with van der Waals surface area (Å²) in [6, 6.07) is 0.186. The second-order valence-electron chi connectivity index (χ2n) is 3.23. The maximum Gasteiger partial charge on any atom is 0.290 e. The minimum Gasteiger partial charge on any atom is -0.393 e. The molecule has 5 heteroatoms. The van der Waals surface area contributed by atoms with Crippen molar-refractivity contribution < 1.29 is 5.11 Å². The first-order valence-electron chi connectivity index (χ1n) is 4.24. The fourth-order valence-electron chi connectivity index (χ4n) is 1.35. The highest BCUT2D eigenvalue weighted by Crippen LogP contribution is 2.21. The zero-order chi connectivity index (χ0) is 9.26. The van der Waals surface area contributed by atoms with Crippen molar-refractivity contribution in [3.63, 3.8) is 0 Å². The number of H-pyrrole nitrogens is 1. The predicted molar refractivity (Wildman–Crippen MR) is 47.5 cm³/mol. The van der Waals surface area contributed by atoms with Crippen LogP contribution in [0.1, 0.15) is 12.8 Å². The van der Waals surface area contributed by atoms with Gasteiger partial charge in [0.1, 0.15) is 0 Å². The van der Waals surface area contributed by atoms with Crippen molar-refractivity contribution in [3.05, 3.63) is 22.7 Å². The molecule has 1 saturated carbocycles. The normalized spacial score (nSPS) is 26.5. The van der Waals surface area contributed by atoms with E-state index in [0.29, 0.717) is 18.7 Å². The molecule has 0 unspecified atom stereocenters. The van der Waals surface area contributed by atoms with Gasteiger partial charge in [0, 0.05) is 18.4 Å². The molecule has 0 amide bonds. The van der Waals surface area contributed by atoms with Gasteiger partial charge in [0.05, 0.1) is 6.10 Å². The Morgan fingerprint density at radius 1 is 1.62 bits per heavy atom. The minimum absolute atomic E-state index is 0.186. The number of anilines is 1. The van der Waals surface area contributed by atoms with Crippen molar-refractivity contribution in [2.24, 2.45) is 0 Å². The van der Waals surface area contributed by atoms with Crippen molar-refractivity contribution in [1.29, 1.82) is 0 Å². The molecule has 1 aliphatic rings. The van der Waals surface area contributed by atoms with Gasteiger partial charge in [0.25, 0.3) is 5.56 Å².